The summed E-state index contributed by atoms with van der Waals surface area (Å²) < 4.78 is 25.6. The molecule has 0 spiro atoms. The molecule has 0 aliphatic rings. The van der Waals surface area contributed by atoms with Crippen molar-refractivity contribution in [2.75, 3.05) is 0 Å². The molecule has 6 heteroatoms. The van der Waals surface area contributed by atoms with Crippen LogP contribution < -0.4 is 5.73 Å². The maximum absolute atomic E-state index is 12.4. The van der Waals surface area contributed by atoms with Crippen molar-refractivity contribution in [3.63, 3.8) is 0 Å². The lowest BCUT2D eigenvalue weighted by Crippen LogP contribution is -2.03. The number of nitrogens with two attached hydrogens (primary N) is 1. The molecule has 0 aliphatic carbocycles. The number of alkyl halides is 2. The molecule has 2 nitrogen and oxygen atoms in total. The van der Waals surface area contributed by atoms with Gasteiger partial charge in [-0.2, -0.15) is 0 Å². The van der Waals surface area contributed by atoms with Crippen molar-refractivity contribution in [3.05, 3.63) is 25.5 Å². The molecule has 0 aliphatic heterocycles. The largest absolute Gasteiger partial charge is 0.326 e. The van der Waals surface area contributed by atoms with Gasteiger partial charge in [0.15, 0.2) is 0 Å². The second-order valence-electron chi connectivity index (χ2n) is 2.32. The fraction of sp³-hybridized carbons (Fsp3) is 0.286. The minimum Gasteiger partial charge on any atom is -0.326 e. The number of hydrogen-bond acceptors (Lipinski definition) is 2. The zero-order valence-electron chi connectivity index (χ0n) is 6.40. The van der Waals surface area contributed by atoms with Crippen molar-refractivity contribution in [2.45, 2.75) is 13.0 Å². The Balaban J connectivity index is 3.22. The van der Waals surface area contributed by atoms with Gasteiger partial charge in [-0.3, -0.25) is 0 Å². The van der Waals surface area contributed by atoms with Crippen molar-refractivity contribution in [2.24, 2.45) is 5.73 Å². The van der Waals surface area contributed by atoms with E-state index in [4.69, 9.17) is 5.73 Å². The number of halogens is 4. The Kier molecular flexibility index (Phi) is 3.99. The van der Waals surface area contributed by atoms with Gasteiger partial charge in [-0.15, -0.1) is 0 Å². The predicted octanol–water partition coefficient (Wildman–Crippen LogP) is 2.85. The predicted molar refractivity (Wildman–Crippen MR) is 57.5 cm³/mol. The van der Waals surface area contributed by atoms with Crippen LogP contribution in [-0.2, 0) is 6.54 Å². The lowest BCUT2D eigenvalue weighted by molar-refractivity contribution is 0.149. The quantitative estimate of drug-likeness (QED) is 0.649. The van der Waals surface area contributed by atoms with Gasteiger partial charge in [0.25, 0.3) is 6.43 Å². The summed E-state index contributed by atoms with van der Waals surface area (Å²) in [6.45, 7) is 0.199. The number of rotatable bonds is 2. The first kappa shape index (κ1) is 11.3. The maximum atomic E-state index is 12.4. The highest BCUT2D eigenvalue weighted by Crippen LogP contribution is 2.27. The van der Waals surface area contributed by atoms with E-state index in [9.17, 15) is 8.78 Å². The normalized spacial score (nSPS) is 10.9. The molecule has 0 saturated heterocycles. The molecular formula is C7H6BrF2IN2. The first-order valence-electron chi connectivity index (χ1n) is 3.39. The Morgan fingerprint density at radius 3 is 2.69 bits per heavy atom. The third-order valence-corrected chi connectivity index (χ3v) is 3.03. The van der Waals surface area contributed by atoms with E-state index < -0.39 is 6.43 Å². The molecule has 0 atom stereocenters. The lowest BCUT2D eigenvalue weighted by atomic mass is 10.2. The van der Waals surface area contributed by atoms with E-state index in [0.29, 0.717) is 13.9 Å². The monoisotopic (exact) mass is 362 g/mol. The summed E-state index contributed by atoms with van der Waals surface area (Å²) in [4.78, 5) is 3.91. The van der Waals surface area contributed by atoms with E-state index in [2.05, 4.69) is 20.9 Å². The molecule has 0 bridgehead atoms. The van der Waals surface area contributed by atoms with E-state index in [1.165, 1.54) is 6.07 Å². The van der Waals surface area contributed by atoms with Crippen LogP contribution in [0.4, 0.5) is 8.78 Å². The number of pyridine rings is 1. The third-order valence-electron chi connectivity index (χ3n) is 1.48. The SMILES string of the molecule is NCc1cc(C(F)F)c(I)nc1Br. The Bertz CT molecular complexity index is 320. The van der Waals surface area contributed by atoms with Crippen LogP contribution in [-0.4, -0.2) is 4.98 Å². The van der Waals surface area contributed by atoms with Crippen LogP contribution in [0.2, 0.25) is 0 Å². The van der Waals surface area contributed by atoms with E-state index in [-0.39, 0.29) is 12.1 Å². The van der Waals surface area contributed by atoms with Crippen LogP contribution in [0.5, 0.6) is 0 Å². The molecule has 0 saturated carbocycles. The molecule has 2 N–H and O–H groups in total. The summed E-state index contributed by atoms with van der Waals surface area (Å²) in [5, 5.41) is 0. The molecule has 0 fully saturated rings. The van der Waals surface area contributed by atoms with Crippen LogP contribution >= 0.6 is 38.5 Å². The zero-order chi connectivity index (χ0) is 10.0. The molecule has 1 aromatic heterocycles. The molecule has 1 heterocycles. The van der Waals surface area contributed by atoms with Crippen LogP contribution in [0.1, 0.15) is 17.6 Å². The second-order valence-corrected chi connectivity index (χ2v) is 4.10. The number of aromatic nitrogens is 1. The minimum atomic E-state index is -2.50. The summed E-state index contributed by atoms with van der Waals surface area (Å²) in [5.74, 6) is 0. The van der Waals surface area contributed by atoms with Gasteiger partial charge in [-0.05, 0) is 50.2 Å². The van der Waals surface area contributed by atoms with Gasteiger partial charge in [0.05, 0.1) is 5.56 Å². The number of nitrogens with zero attached hydrogens (tertiary/aromatic N) is 1. The van der Waals surface area contributed by atoms with Crippen molar-refractivity contribution < 1.29 is 8.78 Å². The van der Waals surface area contributed by atoms with Crippen LogP contribution in [0.3, 0.4) is 0 Å². The average Bonchev–Trinajstić information content (AvgIpc) is 2.03. The standard InChI is InChI=1S/C7H6BrF2IN2/c8-5-3(2-12)1-4(6(9)10)7(11)13-5/h1,6H,2,12H2. The summed E-state index contributed by atoms with van der Waals surface area (Å²) in [5.41, 5.74) is 5.88. The molecule has 0 unspecified atom stereocenters. The first-order valence-corrected chi connectivity index (χ1v) is 5.26. The van der Waals surface area contributed by atoms with Crippen LogP contribution in [0.25, 0.3) is 0 Å². The van der Waals surface area contributed by atoms with Gasteiger partial charge in [-0.1, -0.05) is 0 Å². The highest BCUT2D eigenvalue weighted by atomic mass is 127. The van der Waals surface area contributed by atoms with Crippen molar-refractivity contribution in [1.29, 1.82) is 0 Å². The van der Waals surface area contributed by atoms with E-state index in [1.807, 2.05) is 0 Å². The molecule has 13 heavy (non-hydrogen) atoms. The molecule has 0 aromatic carbocycles. The minimum absolute atomic E-state index is 0.0655. The van der Waals surface area contributed by atoms with E-state index in [0.717, 1.165) is 0 Å². The highest BCUT2D eigenvalue weighted by molar-refractivity contribution is 14.1. The molecular weight excluding hydrogens is 357 g/mol. The highest BCUT2D eigenvalue weighted by Gasteiger charge is 2.15. The molecule has 0 amide bonds. The average molecular weight is 363 g/mol. The Labute approximate surface area is 96.2 Å². The Morgan fingerprint density at radius 2 is 2.23 bits per heavy atom. The van der Waals surface area contributed by atoms with Crippen LogP contribution in [0.15, 0.2) is 10.7 Å². The first-order chi connectivity index (χ1) is 6.06. The Hall–Kier alpha value is 0.180. The number of hydrogen-bond donors (Lipinski definition) is 1. The van der Waals surface area contributed by atoms with Crippen molar-refractivity contribution >= 4 is 38.5 Å². The zero-order valence-corrected chi connectivity index (χ0v) is 10.1. The maximum Gasteiger partial charge on any atom is 0.266 e. The topological polar surface area (TPSA) is 38.9 Å². The van der Waals surface area contributed by atoms with Crippen molar-refractivity contribution in [1.82, 2.24) is 4.98 Å². The summed E-state index contributed by atoms with van der Waals surface area (Å²) >= 11 is 4.92. The van der Waals surface area contributed by atoms with Gasteiger partial charge in [0.1, 0.15) is 8.30 Å². The van der Waals surface area contributed by atoms with E-state index in [1.54, 1.807) is 22.6 Å². The third kappa shape index (κ3) is 2.57. The summed E-state index contributed by atoms with van der Waals surface area (Å²) in [6, 6.07) is 1.38. The summed E-state index contributed by atoms with van der Waals surface area (Å²) in [6.07, 6.45) is -2.50. The van der Waals surface area contributed by atoms with Gasteiger partial charge in [0, 0.05) is 6.54 Å². The Morgan fingerprint density at radius 1 is 1.62 bits per heavy atom. The second kappa shape index (κ2) is 4.61. The lowest BCUT2D eigenvalue weighted by Gasteiger charge is -2.06. The van der Waals surface area contributed by atoms with Gasteiger partial charge in [0.2, 0.25) is 0 Å². The van der Waals surface area contributed by atoms with Gasteiger partial charge < -0.3 is 5.73 Å². The van der Waals surface area contributed by atoms with Gasteiger partial charge >= 0.3 is 0 Å². The molecule has 72 valence electrons. The summed E-state index contributed by atoms with van der Waals surface area (Å²) in [7, 11) is 0. The van der Waals surface area contributed by atoms with Crippen LogP contribution in [0, 0.1) is 3.70 Å². The fourth-order valence-corrected chi connectivity index (χ4v) is 2.24. The molecule has 0 radical (unpaired) electrons. The smallest absolute Gasteiger partial charge is 0.266 e. The van der Waals surface area contributed by atoms with E-state index >= 15 is 0 Å². The molecule has 1 aromatic rings. The fourth-order valence-electron chi connectivity index (χ4n) is 0.826. The molecule has 1 rings (SSSR count). The van der Waals surface area contributed by atoms with Gasteiger partial charge in [-0.25, -0.2) is 13.8 Å². The van der Waals surface area contributed by atoms with Crippen molar-refractivity contribution in [3.8, 4) is 0 Å².